The number of carbonyl (C=O) groups is 3. The Hall–Kier alpha value is -5.59. The van der Waals surface area contributed by atoms with Crippen LogP contribution in [-0.4, -0.2) is 75.4 Å². The van der Waals surface area contributed by atoms with Crippen LogP contribution in [0, 0.1) is 11.2 Å². The maximum Gasteiger partial charge on any atom is 0.291 e. The zero-order chi connectivity index (χ0) is 39.2. The maximum absolute atomic E-state index is 13.6. The number of rotatable bonds is 6. The van der Waals surface area contributed by atoms with E-state index in [0.717, 1.165) is 93.4 Å². The number of para-hydroxylation sites is 1. The van der Waals surface area contributed by atoms with Gasteiger partial charge in [0.05, 0.1) is 28.2 Å². The lowest BCUT2D eigenvalue weighted by Crippen LogP contribution is -2.59. The van der Waals surface area contributed by atoms with E-state index in [-0.39, 0.29) is 5.76 Å². The smallest absolute Gasteiger partial charge is 0.291 e. The molecule has 2 aromatic carbocycles. The number of aldehydes is 2. The molecule has 9 rings (SSSR count). The minimum Gasteiger partial charge on any atom is -0.449 e. The second-order valence-electron chi connectivity index (χ2n) is 14.5. The van der Waals surface area contributed by atoms with Gasteiger partial charge in [-0.05, 0) is 92.6 Å². The van der Waals surface area contributed by atoms with E-state index in [2.05, 4.69) is 26.6 Å². The van der Waals surface area contributed by atoms with Crippen molar-refractivity contribution in [1.29, 1.82) is 0 Å². The Morgan fingerprint density at radius 1 is 0.964 bits per heavy atom. The predicted molar refractivity (Wildman–Crippen MR) is 216 cm³/mol. The standard InChI is InChI=1S/C19H15ClFN3O2.C16H20N2O2.C8H9NO/c1-24-7-6-11-8-16(19(25)23-14-5-3-2-4-13(14)20)26-18(11)17-15(24)9-12(21)10-22-17;19-9-13-8-12-2-1-3-14(12)17-15(13)18-10-16(11-18)4-6-20-7-5-16;1-9-8-4-2-7(6-10)3-5-8/h2-5,8-10H,6-7H2,1H3,(H,23,25);8-9H,1-7,10-11H2;2-6,9H,1H3. The van der Waals surface area contributed by atoms with Gasteiger partial charge in [-0.2, -0.15) is 0 Å². The first-order chi connectivity index (χ1) is 27.2. The Morgan fingerprint density at radius 3 is 2.45 bits per heavy atom. The third-order valence-electron chi connectivity index (χ3n) is 10.8. The van der Waals surface area contributed by atoms with Crippen LogP contribution < -0.4 is 20.4 Å². The molecule has 2 N–H and O–H groups in total. The van der Waals surface area contributed by atoms with Gasteiger partial charge in [0.15, 0.2) is 17.8 Å². The molecule has 11 nitrogen and oxygen atoms in total. The number of hydrogen-bond donors (Lipinski definition) is 2. The van der Waals surface area contributed by atoms with E-state index < -0.39 is 11.7 Å². The van der Waals surface area contributed by atoms with Crippen LogP contribution in [0.1, 0.15) is 67.4 Å². The molecule has 3 aliphatic heterocycles. The van der Waals surface area contributed by atoms with Crippen molar-refractivity contribution in [3.63, 3.8) is 0 Å². The highest BCUT2D eigenvalue weighted by Crippen LogP contribution is 2.43. The fourth-order valence-corrected chi connectivity index (χ4v) is 7.74. The van der Waals surface area contributed by atoms with E-state index in [9.17, 15) is 18.8 Å². The van der Waals surface area contributed by atoms with Crippen molar-refractivity contribution < 1.29 is 27.9 Å². The summed E-state index contributed by atoms with van der Waals surface area (Å²) in [6.45, 7) is 4.49. The number of nitrogens with zero attached hydrogens (tertiary/aromatic N) is 4. The molecule has 1 amide bonds. The number of aryl methyl sites for hydroxylation is 2. The fourth-order valence-electron chi connectivity index (χ4n) is 7.56. The van der Waals surface area contributed by atoms with E-state index >= 15 is 0 Å². The molecule has 2 saturated heterocycles. The Morgan fingerprint density at radius 2 is 1.73 bits per heavy atom. The quantitative estimate of drug-likeness (QED) is 0.164. The highest BCUT2D eigenvalue weighted by Gasteiger charge is 2.45. The summed E-state index contributed by atoms with van der Waals surface area (Å²) < 4.78 is 24.9. The van der Waals surface area contributed by atoms with Gasteiger partial charge in [-0.25, -0.2) is 14.4 Å². The van der Waals surface area contributed by atoms with Crippen molar-refractivity contribution in [2.24, 2.45) is 5.41 Å². The fraction of sp³-hybridized carbons (Fsp3) is 0.326. The molecule has 13 heteroatoms. The zero-order valence-corrected chi connectivity index (χ0v) is 32.2. The third-order valence-corrected chi connectivity index (χ3v) is 11.1. The number of likely N-dealkylation sites (N-methyl/N-ethyl adjacent to an activating group) is 1. The first-order valence-electron chi connectivity index (χ1n) is 18.8. The number of nitrogens with one attached hydrogen (secondary N) is 2. The Bertz CT molecular complexity index is 2210. The second kappa shape index (κ2) is 17.1. The van der Waals surface area contributed by atoms with Crippen molar-refractivity contribution in [3.05, 3.63) is 117 Å². The summed E-state index contributed by atoms with van der Waals surface area (Å²) in [5.41, 5.74) is 7.92. The van der Waals surface area contributed by atoms with Gasteiger partial charge in [-0.15, -0.1) is 0 Å². The predicted octanol–water partition coefficient (Wildman–Crippen LogP) is 7.92. The number of amides is 1. The average molecular weight is 779 g/mol. The van der Waals surface area contributed by atoms with Crippen LogP contribution in [0.3, 0.4) is 0 Å². The van der Waals surface area contributed by atoms with Gasteiger partial charge >= 0.3 is 0 Å². The summed E-state index contributed by atoms with van der Waals surface area (Å²) in [4.78, 5) is 47.3. The van der Waals surface area contributed by atoms with Gasteiger partial charge in [-0.1, -0.05) is 23.7 Å². The minimum atomic E-state index is -0.415. The lowest BCUT2D eigenvalue weighted by Gasteiger charge is -2.53. The number of anilines is 4. The van der Waals surface area contributed by atoms with E-state index in [4.69, 9.17) is 25.7 Å². The summed E-state index contributed by atoms with van der Waals surface area (Å²) in [7, 11) is 3.72. The van der Waals surface area contributed by atoms with Gasteiger partial charge in [0.2, 0.25) is 0 Å². The first kappa shape index (κ1) is 38.7. The van der Waals surface area contributed by atoms with Gasteiger partial charge < -0.3 is 29.6 Å². The molecule has 3 aromatic heterocycles. The van der Waals surface area contributed by atoms with E-state index in [1.807, 2.05) is 31.1 Å². The first-order valence-corrected chi connectivity index (χ1v) is 19.2. The van der Waals surface area contributed by atoms with Crippen LogP contribution in [0.15, 0.2) is 77.3 Å². The number of halogens is 2. The molecule has 0 unspecified atom stereocenters. The zero-order valence-electron chi connectivity index (χ0n) is 31.4. The number of aromatic nitrogens is 2. The summed E-state index contributed by atoms with van der Waals surface area (Å²) in [6, 6.07) is 19.4. The van der Waals surface area contributed by atoms with Crippen molar-refractivity contribution in [3.8, 4) is 11.5 Å². The molecule has 2 fully saturated rings. The molecule has 0 bridgehead atoms. The SMILES string of the molecule is CN1CCc2cc(C(=O)Nc3ccccc3Cl)oc2-c2ncc(F)cc21.CNc1ccc(C=O)cc1.O=Cc1cc2c(nc1N1CC3(CCOCC3)C1)CCC2. The lowest BCUT2D eigenvalue weighted by atomic mass is 9.73. The molecule has 290 valence electrons. The number of furan rings is 1. The van der Waals surface area contributed by atoms with E-state index in [0.29, 0.717) is 51.8 Å². The van der Waals surface area contributed by atoms with Crippen LogP contribution in [-0.2, 0) is 24.0 Å². The largest absolute Gasteiger partial charge is 0.449 e. The summed E-state index contributed by atoms with van der Waals surface area (Å²) in [5.74, 6) is 0.758. The van der Waals surface area contributed by atoms with Gasteiger partial charge in [0.1, 0.15) is 23.6 Å². The van der Waals surface area contributed by atoms with Gasteiger partial charge in [0.25, 0.3) is 5.91 Å². The van der Waals surface area contributed by atoms with Gasteiger partial charge in [-0.3, -0.25) is 14.4 Å². The normalized spacial score (nSPS) is 16.0. The molecule has 4 aliphatic rings. The number of hydrogen-bond acceptors (Lipinski definition) is 10. The van der Waals surface area contributed by atoms with Crippen molar-refractivity contribution in [2.45, 2.75) is 38.5 Å². The lowest BCUT2D eigenvalue weighted by molar-refractivity contribution is -0.000508. The van der Waals surface area contributed by atoms with Crippen molar-refractivity contribution >= 4 is 53.0 Å². The molecule has 1 aliphatic carbocycles. The Balaban J connectivity index is 0.000000141. The number of ether oxygens (including phenoxy) is 1. The molecule has 5 aromatic rings. The minimum absolute atomic E-state index is 0.163. The second-order valence-corrected chi connectivity index (χ2v) is 14.9. The average Bonchev–Trinajstić information content (AvgIpc) is 3.84. The molecule has 0 atom stereocenters. The Kier molecular flexibility index (Phi) is 11.8. The molecule has 0 radical (unpaired) electrons. The van der Waals surface area contributed by atoms with E-state index in [1.165, 1.54) is 23.7 Å². The number of benzene rings is 2. The van der Waals surface area contributed by atoms with Crippen LogP contribution >= 0.6 is 11.6 Å². The van der Waals surface area contributed by atoms with Crippen molar-refractivity contribution in [2.75, 3.05) is 67.4 Å². The molecular weight excluding hydrogens is 735 g/mol. The van der Waals surface area contributed by atoms with Crippen LogP contribution in [0.25, 0.3) is 11.5 Å². The summed E-state index contributed by atoms with van der Waals surface area (Å²) >= 11 is 6.08. The highest BCUT2D eigenvalue weighted by molar-refractivity contribution is 6.33. The highest BCUT2D eigenvalue weighted by atomic mass is 35.5. The number of carbonyl (C=O) groups excluding carboxylic acids is 3. The molecular formula is C43H44ClFN6O5. The molecule has 0 saturated carbocycles. The number of pyridine rings is 2. The third kappa shape index (κ3) is 8.46. The topological polar surface area (TPSA) is 130 Å². The van der Waals surface area contributed by atoms with Crippen LogP contribution in [0.4, 0.5) is 27.3 Å². The summed E-state index contributed by atoms with van der Waals surface area (Å²) in [5, 5.41) is 6.14. The van der Waals surface area contributed by atoms with Crippen molar-refractivity contribution in [1.82, 2.24) is 9.97 Å². The van der Waals surface area contributed by atoms with E-state index in [1.54, 1.807) is 42.5 Å². The van der Waals surface area contributed by atoms with Gasteiger partial charge in [0, 0.05) is 80.9 Å². The van der Waals surface area contributed by atoms with Crippen LogP contribution in [0.2, 0.25) is 5.02 Å². The molecule has 56 heavy (non-hydrogen) atoms. The van der Waals surface area contributed by atoms with Crippen LogP contribution in [0.5, 0.6) is 0 Å². The maximum atomic E-state index is 13.6. The molecule has 6 heterocycles. The Labute approximate surface area is 330 Å². The molecule has 1 spiro atoms. The summed E-state index contributed by atoms with van der Waals surface area (Å²) in [6.07, 6.45) is 9.20. The number of fused-ring (bicyclic) bond motifs is 4. The monoisotopic (exact) mass is 778 g/mol.